The van der Waals surface area contributed by atoms with Gasteiger partial charge in [-0.05, 0) is 56.2 Å². The van der Waals surface area contributed by atoms with Crippen LogP contribution in [-0.2, 0) is 51.2 Å². The number of nitrogens with two attached hydrogens (primary N) is 3. The van der Waals surface area contributed by atoms with Crippen molar-refractivity contribution in [2.75, 3.05) is 6.54 Å². The van der Waals surface area contributed by atoms with Crippen molar-refractivity contribution < 1.29 is 58.8 Å². The summed E-state index contributed by atoms with van der Waals surface area (Å²) in [4.78, 5) is 113. The first-order valence-corrected chi connectivity index (χ1v) is 21.6. The Balaban J connectivity index is 1.93. The van der Waals surface area contributed by atoms with Gasteiger partial charge in [-0.25, -0.2) is 4.79 Å². The number of nitrogens with zero attached hydrogens (tertiary/aromatic N) is 1. The van der Waals surface area contributed by atoms with Crippen molar-refractivity contribution in [1.29, 1.82) is 0 Å². The molecule has 0 fully saturated rings. The first-order valence-electron chi connectivity index (χ1n) is 21.6. The number of hydrogen-bond donors (Lipinski definition) is 14. The average molecular weight is 938 g/mol. The Labute approximate surface area is 386 Å². The maximum absolute atomic E-state index is 14.2. The molecule has 3 aromatic rings. The van der Waals surface area contributed by atoms with Crippen molar-refractivity contribution in [3.8, 4) is 0 Å². The number of aliphatic hydroxyl groups excluding tert-OH is 2. The zero-order valence-corrected chi connectivity index (χ0v) is 37.7. The van der Waals surface area contributed by atoms with Gasteiger partial charge in [0.15, 0.2) is 5.96 Å². The summed E-state index contributed by atoms with van der Waals surface area (Å²) in [5.41, 5.74) is 18.5. The van der Waals surface area contributed by atoms with E-state index in [-0.39, 0.29) is 38.2 Å². The highest BCUT2D eigenvalue weighted by Gasteiger charge is 2.36. The van der Waals surface area contributed by atoms with Gasteiger partial charge >= 0.3 is 11.9 Å². The van der Waals surface area contributed by atoms with E-state index >= 15 is 0 Å². The lowest BCUT2D eigenvalue weighted by Crippen LogP contribution is -2.62. The van der Waals surface area contributed by atoms with Crippen molar-refractivity contribution in [2.24, 2.45) is 28.1 Å². The number of aliphatic carboxylic acids is 2. The van der Waals surface area contributed by atoms with Gasteiger partial charge in [0.05, 0.1) is 12.2 Å². The minimum absolute atomic E-state index is 0.0604. The fraction of sp³-hybridized carbons (Fsp3) is 0.477. The Hall–Kier alpha value is -7.11. The number of H-pyrrole nitrogens is 1. The molecule has 1 heterocycles. The molecule has 0 aliphatic heterocycles. The molecule has 0 saturated heterocycles. The summed E-state index contributed by atoms with van der Waals surface area (Å²) in [7, 11) is 0. The molecule has 0 unspecified atom stereocenters. The van der Waals surface area contributed by atoms with Gasteiger partial charge in [-0.3, -0.25) is 38.6 Å². The molecule has 2 aromatic carbocycles. The largest absolute Gasteiger partial charge is 0.481 e. The lowest BCUT2D eigenvalue weighted by atomic mass is 10.0. The highest BCUT2D eigenvalue weighted by Crippen LogP contribution is 2.20. The number of hydrogen-bond acceptors (Lipinski definition) is 12. The van der Waals surface area contributed by atoms with Gasteiger partial charge in [0.1, 0.15) is 42.3 Å². The van der Waals surface area contributed by atoms with Gasteiger partial charge < -0.3 is 74.5 Å². The molecule has 9 atom stereocenters. The van der Waals surface area contributed by atoms with Crippen LogP contribution < -0.4 is 49.1 Å². The molecular weight excluding hydrogens is 875 g/mol. The molecular formula is C44H63N11O12. The van der Waals surface area contributed by atoms with Crippen LogP contribution in [0.1, 0.15) is 64.5 Å². The van der Waals surface area contributed by atoms with Crippen LogP contribution in [0.3, 0.4) is 0 Å². The minimum atomic E-state index is -1.81. The second-order valence-corrected chi connectivity index (χ2v) is 16.4. The van der Waals surface area contributed by atoms with Crippen LogP contribution in [-0.4, -0.2) is 140 Å². The molecule has 23 nitrogen and oxygen atoms in total. The fourth-order valence-electron chi connectivity index (χ4n) is 6.82. The van der Waals surface area contributed by atoms with E-state index in [9.17, 15) is 58.8 Å². The number of amides is 6. The first-order chi connectivity index (χ1) is 31.6. The van der Waals surface area contributed by atoms with Gasteiger partial charge in [0.2, 0.25) is 35.4 Å². The van der Waals surface area contributed by atoms with E-state index in [1.165, 1.54) is 6.92 Å². The van der Waals surface area contributed by atoms with Crippen LogP contribution >= 0.6 is 0 Å². The van der Waals surface area contributed by atoms with E-state index in [4.69, 9.17) is 17.2 Å². The zero-order chi connectivity index (χ0) is 50.0. The maximum Gasteiger partial charge on any atom is 0.326 e. The number of fused-ring (bicyclic) bond motifs is 1. The number of aromatic amines is 1. The number of nitrogens with one attached hydrogen (secondary N) is 7. The number of rotatable bonds is 27. The molecule has 366 valence electrons. The standard InChI is InChI=1S/C44H63N11O12/c1-22(2)35(43(66)67)54-40(63)32(20-26-21-49-28-14-9-8-13-27(26)28)53-42(65)36(24(4)57)55-38(61)30(16-17-33(58)59)50-39(62)31(19-25-11-6-5-7-12-25)52-37(60)29(15-10-18-48-44(46)47)51-41(64)34(45)23(3)56/h5-9,11-14,21-24,29-32,34-36,49,56-57H,10,15-20,45H2,1-4H3,(H,50,62)(H,51,64)(H,52,60)(H,53,65)(H,54,63)(H,55,61)(H,58,59)(H,66,67)(H4,46,47,48)/t23-,24-,29+,30+,31+,32+,34+,35+,36+/m1/s1. The first kappa shape index (κ1) is 54.2. The minimum Gasteiger partial charge on any atom is -0.481 e. The van der Waals surface area contributed by atoms with Crippen LogP contribution in [0.5, 0.6) is 0 Å². The predicted octanol–water partition coefficient (Wildman–Crippen LogP) is -2.39. The summed E-state index contributed by atoms with van der Waals surface area (Å²) in [6.07, 6.45) is -2.75. The summed E-state index contributed by atoms with van der Waals surface area (Å²) in [5.74, 6) is -9.28. The van der Waals surface area contributed by atoms with Gasteiger partial charge in [0.25, 0.3) is 0 Å². The highest BCUT2D eigenvalue weighted by atomic mass is 16.4. The quantitative estimate of drug-likeness (QED) is 0.0215. The summed E-state index contributed by atoms with van der Waals surface area (Å²) in [6.45, 7) is 5.66. The smallest absolute Gasteiger partial charge is 0.326 e. The topological polar surface area (TPSA) is 396 Å². The summed E-state index contributed by atoms with van der Waals surface area (Å²) in [5, 5.41) is 55.6. The van der Waals surface area contributed by atoms with Crippen LogP contribution in [0.25, 0.3) is 10.9 Å². The molecule has 3 rings (SSSR count). The van der Waals surface area contributed by atoms with Gasteiger partial charge in [-0.2, -0.15) is 0 Å². The number of carbonyl (C=O) groups excluding carboxylic acids is 6. The van der Waals surface area contributed by atoms with Gasteiger partial charge in [-0.15, -0.1) is 0 Å². The van der Waals surface area contributed by atoms with Crippen molar-refractivity contribution in [3.63, 3.8) is 0 Å². The lowest BCUT2D eigenvalue weighted by molar-refractivity contribution is -0.143. The summed E-state index contributed by atoms with van der Waals surface area (Å²) in [6, 6.07) is 4.93. The number of carboxylic acids is 2. The van der Waals surface area contributed by atoms with Crippen molar-refractivity contribution in [2.45, 2.75) is 121 Å². The Morgan fingerprint density at radius 2 is 1.15 bits per heavy atom. The van der Waals surface area contributed by atoms with E-state index in [0.29, 0.717) is 22.0 Å². The van der Waals surface area contributed by atoms with Crippen molar-refractivity contribution in [3.05, 3.63) is 71.9 Å². The Morgan fingerprint density at radius 3 is 1.75 bits per heavy atom. The van der Waals surface area contributed by atoms with Crippen LogP contribution in [0.4, 0.5) is 0 Å². The number of carboxylic acid groups (broad SMARTS) is 2. The Kier molecular flexibility index (Phi) is 21.2. The third-order valence-corrected chi connectivity index (χ3v) is 10.6. The number of aromatic nitrogens is 1. The Morgan fingerprint density at radius 1 is 0.627 bits per heavy atom. The molecule has 0 aliphatic rings. The monoisotopic (exact) mass is 937 g/mol. The predicted molar refractivity (Wildman–Crippen MR) is 244 cm³/mol. The molecule has 0 spiro atoms. The SMILES string of the molecule is CC(C)[C@H](NC(=O)[C@H](Cc1c[nH]c2ccccc12)NC(=O)[C@@H](NC(=O)[C@H](CCC(=O)O)NC(=O)[C@H](Cc1ccccc1)NC(=O)[C@H](CCCN=C(N)N)NC(=O)[C@@H](N)[C@@H](C)O)[C@@H](C)O)C(=O)O. The molecule has 67 heavy (non-hydrogen) atoms. The number of guanidine groups is 1. The summed E-state index contributed by atoms with van der Waals surface area (Å²) >= 11 is 0. The number of benzene rings is 2. The van der Waals surface area contributed by atoms with Gasteiger partial charge in [-0.1, -0.05) is 62.4 Å². The Bertz CT molecular complexity index is 2210. The van der Waals surface area contributed by atoms with E-state index in [0.717, 1.165) is 6.92 Å². The number of para-hydroxylation sites is 1. The molecule has 0 radical (unpaired) electrons. The molecule has 0 bridgehead atoms. The van der Waals surface area contributed by atoms with Crippen LogP contribution in [0, 0.1) is 5.92 Å². The van der Waals surface area contributed by atoms with E-state index in [2.05, 4.69) is 41.9 Å². The fourth-order valence-corrected chi connectivity index (χ4v) is 6.82. The van der Waals surface area contributed by atoms with Crippen LogP contribution in [0.2, 0.25) is 0 Å². The average Bonchev–Trinajstić information content (AvgIpc) is 3.68. The summed E-state index contributed by atoms with van der Waals surface area (Å²) < 4.78 is 0. The van der Waals surface area contributed by atoms with Crippen molar-refractivity contribution in [1.82, 2.24) is 36.9 Å². The van der Waals surface area contributed by atoms with Crippen molar-refractivity contribution >= 4 is 64.2 Å². The normalized spacial score (nSPS) is 15.2. The molecule has 6 amide bonds. The zero-order valence-electron chi connectivity index (χ0n) is 37.7. The maximum atomic E-state index is 14.2. The molecule has 0 aliphatic carbocycles. The molecule has 17 N–H and O–H groups in total. The second kappa shape index (κ2) is 26.1. The third-order valence-electron chi connectivity index (χ3n) is 10.6. The molecule has 1 aromatic heterocycles. The van der Waals surface area contributed by atoms with Gasteiger partial charge in [0, 0.05) is 42.9 Å². The number of aliphatic hydroxyl groups is 2. The van der Waals surface area contributed by atoms with E-state index in [1.54, 1.807) is 74.6 Å². The lowest BCUT2D eigenvalue weighted by Gasteiger charge is -2.28. The second-order valence-electron chi connectivity index (χ2n) is 16.4. The number of carbonyl (C=O) groups is 8. The highest BCUT2D eigenvalue weighted by molar-refractivity contribution is 5.98. The number of aliphatic imine (C=N–C) groups is 1. The third kappa shape index (κ3) is 17.3. The van der Waals surface area contributed by atoms with Crippen LogP contribution in [0.15, 0.2) is 65.8 Å². The van der Waals surface area contributed by atoms with E-state index in [1.807, 2.05) is 0 Å². The molecule has 0 saturated carbocycles. The molecule has 23 heteroatoms. The van der Waals surface area contributed by atoms with E-state index < -0.39 is 121 Å².